The molecule has 3 rings (SSSR count). The molecule has 0 fully saturated rings. The molecule has 0 saturated heterocycles. The molecule has 7 nitrogen and oxygen atoms in total. The normalized spacial score (nSPS) is 15.9. The fourth-order valence-corrected chi connectivity index (χ4v) is 4.37. The Morgan fingerprint density at radius 3 is 2.85 bits per heavy atom. The molecule has 1 aliphatic rings. The molecule has 2 aromatic rings. The molecular formula is C19H21N3O4S. The summed E-state index contributed by atoms with van der Waals surface area (Å²) in [6.45, 7) is 4.16. The van der Waals surface area contributed by atoms with E-state index in [1.807, 2.05) is 17.2 Å². The SMILES string of the molecule is CC[C@@H]1c2ccsc2CCN1C(=O)CNC(=O)c1ccc(C)c([N+](=O)[O-])c1. The lowest BCUT2D eigenvalue weighted by Crippen LogP contribution is -2.44. The average Bonchev–Trinajstić information content (AvgIpc) is 3.13. The van der Waals surface area contributed by atoms with Gasteiger partial charge < -0.3 is 10.2 Å². The second kappa shape index (κ2) is 7.87. The number of thiophene rings is 1. The smallest absolute Gasteiger partial charge is 0.273 e. The fourth-order valence-electron chi connectivity index (χ4n) is 3.44. The van der Waals surface area contributed by atoms with Crippen molar-refractivity contribution in [3.8, 4) is 0 Å². The van der Waals surface area contributed by atoms with Crippen molar-refractivity contribution in [2.45, 2.75) is 32.7 Å². The molecule has 0 saturated carbocycles. The minimum Gasteiger partial charge on any atom is -0.343 e. The molecule has 1 N–H and O–H groups in total. The summed E-state index contributed by atoms with van der Waals surface area (Å²) in [5, 5.41) is 15.7. The zero-order valence-corrected chi connectivity index (χ0v) is 16.0. The van der Waals surface area contributed by atoms with Gasteiger partial charge in [0.1, 0.15) is 0 Å². The monoisotopic (exact) mass is 387 g/mol. The van der Waals surface area contributed by atoms with Crippen LogP contribution >= 0.6 is 11.3 Å². The Labute approximate surface area is 161 Å². The van der Waals surface area contributed by atoms with Gasteiger partial charge in [-0.05, 0) is 42.8 Å². The van der Waals surface area contributed by atoms with Gasteiger partial charge in [-0.2, -0.15) is 0 Å². The van der Waals surface area contributed by atoms with E-state index in [2.05, 4.69) is 11.4 Å². The van der Waals surface area contributed by atoms with Crippen LogP contribution in [0.2, 0.25) is 0 Å². The van der Waals surface area contributed by atoms with Crippen LogP contribution in [0.1, 0.15) is 45.7 Å². The molecule has 27 heavy (non-hydrogen) atoms. The number of rotatable bonds is 5. The van der Waals surface area contributed by atoms with Gasteiger partial charge in [-0.3, -0.25) is 19.7 Å². The minimum absolute atomic E-state index is 0.0323. The number of nitrogens with one attached hydrogen (secondary N) is 1. The molecule has 1 atom stereocenters. The molecule has 2 amide bonds. The van der Waals surface area contributed by atoms with Gasteiger partial charge in [0.25, 0.3) is 11.6 Å². The number of carbonyl (C=O) groups excluding carboxylic acids is 2. The van der Waals surface area contributed by atoms with E-state index in [1.54, 1.807) is 18.3 Å². The second-order valence-electron chi connectivity index (χ2n) is 6.50. The predicted octanol–water partition coefficient (Wildman–Crippen LogP) is 3.23. The van der Waals surface area contributed by atoms with E-state index < -0.39 is 10.8 Å². The van der Waals surface area contributed by atoms with Crippen LogP contribution in [0.15, 0.2) is 29.6 Å². The summed E-state index contributed by atoms with van der Waals surface area (Å²) in [6.07, 6.45) is 1.64. The van der Waals surface area contributed by atoms with E-state index in [1.165, 1.54) is 28.6 Å². The quantitative estimate of drug-likeness (QED) is 0.630. The average molecular weight is 387 g/mol. The molecule has 8 heteroatoms. The molecule has 0 unspecified atom stereocenters. The summed E-state index contributed by atoms with van der Waals surface area (Å²) in [6, 6.07) is 6.39. The number of hydrogen-bond acceptors (Lipinski definition) is 5. The van der Waals surface area contributed by atoms with E-state index in [0.29, 0.717) is 12.1 Å². The highest BCUT2D eigenvalue weighted by atomic mass is 32.1. The van der Waals surface area contributed by atoms with Gasteiger partial charge in [0.2, 0.25) is 5.91 Å². The maximum atomic E-state index is 12.7. The van der Waals surface area contributed by atoms with Crippen LogP contribution in [0.3, 0.4) is 0 Å². The van der Waals surface area contributed by atoms with Crippen molar-refractivity contribution in [3.05, 3.63) is 61.3 Å². The zero-order chi connectivity index (χ0) is 19.6. The van der Waals surface area contributed by atoms with Gasteiger partial charge >= 0.3 is 0 Å². The van der Waals surface area contributed by atoms with Gasteiger partial charge in [0.05, 0.1) is 17.5 Å². The molecule has 0 bridgehead atoms. The Hall–Kier alpha value is -2.74. The standard InChI is InChI=1S/C19H21N3O4S/c1-3-15-14-7-9-27-17(14)6-8-21(15)18(23)11-20-19(24)13-5-4-12(2)16(10-13)22(25)26/h4-5,7,9-10,15H,3,6,8,11H2,1-2H3,(H,20,24)/t15-/m1/s1. The number of carbonyl (C=O) groups is 2. The molecule has 142 valence electrons. The van der Waals surface area contributed by atoms with Crippen molar-refractivity contribution in [2.24, 2.45) is 0 Å². The number of fused-ring (bicyclic) bond motifs is 1. The maximum Gasteiger partial charge on any atom is 0.273 e. The molecule has 1 aliphatic heterocycles. The zero-order valence-electron chi connectivity index (χ0n) is 15.2. The third-order valence-electron chi connectivity index (χ3n) is 4.87. The first kappa shape index (κ1) is 19.0. The van der Waals surface area contributed by atoms with E-state index >= 15 is 0 Å². The van der Waals surface area contributed by atoms with Crippen molar-refractivity contribution in [3.63, 3.8) is 0 Å². The van der Waals surface area contributed by atoms with Crippen LogP contribution in [-0.4, -0.2) is 34.7 Å². The Balaban J connectivity index is 1.66. The summed E-state index contributed by atoms with van der Waals surface area (Å²) >= 11 is 1.72. The summed E-state index contributed by atoms with van der Waals surface area (Å²) in [4.78, 5) is 38.6. The third-order valence-corrected chi connectivity index (χ3v) is 5.87. The lowest BCUT2D eigenvalue weighted by atomic mass is 9.98. The van der Waals surface area contributed by atoms with Gasteiger partial charge in [-0.15, -0.1) is 11.3 Å². The number of amides is 2. The first-order valence-corrected chi connectivity index (χ1v) is 9.69. The topological polar surface area (TPSA) is 92.6 Å². The maximum absolute atomic E-state index is 12.7. The Morgan fingerprint density at radius 1 is 1.37 bits per heavy atom. The van der Waals surface area contributed by atoms with Gasteiger partial charge in [0.15, 0.2) is 0 Å². The summed E-state index contributed by atoms with van der Waals surface area (Å²) in [5.41, 5.74) is 1.74. The number of nitrogens with zero attached hydrogens (tertiary/aromatic N) is 2. The first-order chi connectivity index (χ1) is 12.9. The number of hydrogen-bond donors (Lipinski definition) is 1. The number of nitro groups is 1. The van der Waals surface area contributed by atoms with Crippen LogP contribution < -0.4 is 5.32 Å². The Morgan fingerprint density at radius 2 is 2.15 bits per heavy atom. The summed E-state index contributed by atoms with van der Waals surface area (Å²) in [7, 11) is 0. The second-order valence-corrected chi connectivity index (χ2v) is 7.50. The van der Waals surface area contributed by atoms with E-state index in [-0.39, 0.29) is 29.7 Å². The molecule has 0 spiro atoms. The van der Waals surface area contributed by atoms with Crippen LogP contribution in [0.25, 0.3) is 0 Å². The lowest BCUT2D eigenvalue weighted by Gasteiger charge is -2.35. The lowest BCUT2D eigenvalue weighted by molar-refractivity contribution is -0.385. The van der Waals surface area contributed by atoms with Gasteiger partial charge in [-0.25, -0.2) is 0 Å². The largest absolute Gasteiger partial charge is 0.343 e. The highest BCUT2D eigenvalue weighted by Gasteiger charge is 2.30. The molecule has 1 aromatic carbocycles. The van der Waals surface area contributed by atoms with Crippen molar-refractivity contribution in [1.29, 1.82) is 0 Å². The number of nitro benzene ring substituents is 1. The third kappa shape index (κ3) is 3.85. The number of benzene rings is 1. The van der Waals surface area contributed by atoms with Crippen LogP contribution in [0.5, 0.6) is 0 Å². The van der Waals surface area contributed by atoms with Crippen LogP contribution in [0, 0.1) is 17.0 Å². The predicted molar refractivity (Wildman–Crippen MR) is 103 cm³/mol. The highest BCUT2D eigenvalue weighted by Crippen LogP contribution is 2.35. The van der Waals surface area contributed by atoms with E-state index in [9.17, 15) is 19.7 Å². The number of aryl methyl sites for hydroxylation is 1. The first-order valence-electron chi connectivity index (χ1n) is 8.81. The molecule has 0 aliphatic carbocycles. The van der Waals surface area contributed by atoms with Crippen molar-refractivity contribution in [2.75, 3.05) is 13.1 Å². The highest BCUT2D eigenvalue weighted by molar-refractivity contribution is 7.10. The van der Waals surface area contributed by atoms with Gasteiger partial charge in [0, 0.05) is 28.6 Å². The van der Waals surface area contributed by atoms with E-state index in [0.717, 1.165) is 12.8 Å². The molecular weight excluding hydrogens is 366 g/mol. The molecule has 1 aromatic heterocycles. The Bertz CT molecular complexity index is 893. The van der Waals surface area contributed by atoms with Crippen molar-refractivity contribution < 1.29 is 14.5 Å². The van der Waals surface area contributed by atoms with Crippen LogP contribution in [0.4, 0.5) is 5.69 Å². The fraction of sp³-hybridized carbons (Fsp3) is 0.368. The molecule has 2 heterocycles. The van der Waals surface area contributed by atoms with Crippen molar-refractivity contribution >= 4 is 28.8 Å². The van der Waals surface area contributed by atoms with Gasteiger partial charge in [-0.1, -0.05) is 13.0 Å². The minimum atomic E-state index is -0.519. The Kier molecular flexibility index (Phi) is 5.55. The van der Waals surface area contributed by atoms with E-state index in [4.69, 9.17) is 0 Å². The summed E-state index contributed by atoms with van der Waals surface area (Å²) < 4.78 is 0. The molecule has 0 radical (unpaired) electrons. The summed E-state index contributed by atoms with van der Waals surface area (Å²) in [5.74, 6) is -0.638. The van der Waals surface area contributed by atoms with Crippen LogP contribution in [-0.2, 0) is 11.2 Å². The van der Waals surface area contributed by atoms with Crippen molar-refractivity contribution in [1.82, 2.24) is 10.2 Å².